The van der Waals surface area contributed by atoms with E-state index in [0.29, 0.717) is 48.6 Å². The van der Waals surface area contributed by atoms with Gasteiger partial charge in [0.05, 0.1) is 60.3 Å². The summed E-state index contributed by atoms with van der Waals surface area (Å²) < 4.78 is 153. The lowest BCUT2D eigenvalue weighted by atomic mass is 9.81. The molecular formula is C67H65Cl4F3N4O20S4. The molecule has 546 valence electrons. The molecule has 24 nitrogen and oxygen atoms in total. The van der Waals surface area contributed by atoms with Gasteiger partial charge in [-0.25, -0.2) is 29.9 Å². The highest BCUT2D eigenvalue weighted by atomic mass is 35.5. The number of aromatic nitrogens is 4. The number of Topliss-reactive ketones (excluding diaryl/α,β-unsaturated/α-hetero) is 6. The van der Waals surface area contributed by atoms with Gasteiger partial charge in [-0.05, 0) is 125 Å². The van der Waals surface area contributed by atoms with Crippen molar-refractivity contribution >= 4 is 132 Å². The number of carbonyl (C=O) groups is 8. The first-order valence-corrected chi connectivity index (χ1v) is 39.1. The van der Waals surface area contributed by atoms with E-state index in [2.05, 4.69) is 10.2 Å². The van der Waals surface area contributed by atoms with Gasteiger partial charge in [-0.15, -0.1) is 0 Å². The van der Waals surface area contributed by atoms with Crippen LogP contribution in [0.15, 0.2) is 115 Å². The zero-order chi connectivity index (χ0) is 76.1. The van der Waals surface area contributed by atoms with Crippen LogP contribution in [0.4, 0.5) is 13.2 Å². The third-order valence-electron chi connectivity index (χ3n) is 16.1. The molecule has 102 heavy (non-hydrogen) atoms. The number of halogens is 7. The van der Waals surface area contributed by atoms with Gasteiger partial charge < -0.3 is 13.7 Å². The molecule has 1 unspecified atom stereocenters. The van der Waals surface area contributed by atoms with E-state index in [-0.39, 0.29) is 120 Å². The molecule has 0 bridgehead atoms. The Morgan fingerprint density at radius 2 is 1.12 bits per heavy atom. The third kappa shape index (κ3) is 19.5. The predicted molar refractivity (Wildman–Crippen MR) is 367 cm³/mol. The summed E-state index contributed by atoms with van der Waals surface area (Å²) in [7, 11) is -12.5. The minimum absolute atomic E-state index is 0.00216. The molecule has 3 fully saturated rings. The van der Waals surface area contributed by atoms with Crippen molar-refractivity contribution in [1.82, 2.24) is 19.6 Å². The maximum absolute atomic E-state index is 13.0. The number of alkyl halides is 3. The monoisotopic (exact) mass is 1570 g/mol. The largest absolute Gasteiger partial charge is 0.416 e. The maximum atomic E-state index is 13.0. The Morgan fingerprint density at radius 1 is 0.608 bits per heavy atom. The number of hydrogen-bond acceptors (Lipinski definition) is 21. The van der Waals surface area contributed by atoms with Crippen molar-refractivity contribution in [3.8, 4) is 5.88 Å². The first kappa shape index (κ1) is 81.4. The Bertz CT molecular complexity index is 5050. The van der Waals surface area contributed by atoms with Crippen LogP contribution >= 0.6 is 46.4 Å². The fourth-order valence-corrected chi connectivity index (χ4v) is 15.6. The highest BCUT2D eigenvalue weighted by Gasteiger charge is 2.40. The van der Waals surface area contributed by atoms with E-state index < -0.39 is 125 Å². The van der Waals surface area contributed by atoms with Crippen LogP contribution in [0.3, 0.4) is 0 Å². The number of aromatic amines is 1. The molecule has 35 heteroatoms. The Morgan fingerprint density at radius 3 is 1.61 bits per heavy atom. The van der Waals surface area contributed by atoms with E-state index in [1.807, 2.05) is 6.92 Å². The second kappa shape index (κ2) is 32.9. The number of hydrogen-bond donors (Lipinski definition) is 1. The van der Waals surface area contributed by atoms with Crippen molar-refractivity contribution in [3.05, 3.63) is 183 Å². The Hall–Kier alpha value is -7.85. The van der Waals surface area contributed by atoms with Crippen LogP contribution in [0.2, 0.25) is 20.1 Å². The molecule has 3 heterocycles. The second-order valence-corrected chi connectivity index (χ2v) is 33.0. The number of benzene rings is 5. The molecular weight excluding hydrogens is 1510 g/mol. The van der Waals surface area contributed by atoms with Crippen molar-refractivity contribution in [2.75, 3.05) is 32.0 Å². The summed E-state index contributed by atoms with van der Waals surface area (Å²) in [6, 6.07) is 18.6. The van der Waals surface area contributed by atoms with Crippen molar-refractivity contribution in [3.63, 3.8) is 0 Å². The number of rotatable bonds is 18. The summed E-state index contributed by atoms with van der Waals surface area (Å²) >= 11 is 24.4. The van der Waals surface area contributed by atoms with Crippen LogP contribution in [-0.4, -0.2) is 138 Å². The summed E-state index contributed by atoms with van der Waals surface area (Å²) in [5.41, 5.74) is -0.998. The smallest absolute Gasteiger partial charge is 0.376 e. The number of aryl methyl sites for hydroxylation is 5. The molecule has 3 aliphatic rings. The molecule has 1 saturated heterocycles. The van der Waals surface area contributed by atoms with Crippen molar-refractivity contribution in [2.45, 2.75) is 111 Å². The summed E-state index contributed by atoms with van der Waals surface area (Å²) in [5.74, 6) is -7.33. The number of H-pyrrole nitrogens is 1. The quantitative estimate of drug-likeness (QED) is 0.0474. The van der Waals surface area contributed by atoms with Crippen LogP contribution < -0.4 is 9.74 Å². The van der Waals surface area contributed by atoms with Crippen LogP contribution in [-0.2, 0) is 95.2 Å². The third-order valence-corrected chi connectivity index (χ3v) is 22.0. The molecule has 7 aromatic rings. The number of ether oxygens (including phenoxy) is 2. The number of nitrogens with zero attached hydrogens (tertiary/aromatic N) is 3. The van der Waals surface area contributed by atoms with Gasteiger partial charge in [0.15, 0.2) is 64.2 Å². The minimum Gasteiger partial charge on any atom is -0.376 e. The molecule has 2 aromatic heterocycles. The number of ketones is 8. The van der Waals surface area contributed by atoms with Crippen LogP contribution in [0.1, 0.15) is 132 Å². The van der Waals surface area contributed by atoms with E-state index in [4.69, 9.17) is 60.1 Å². The maximum Gasteiger partial charge on any atom is 0.416 e. The van der Waals surface area contributed by atoms with E-state index in [1.165, 1.54) is 80.3 Å². The summed E-state index contributed by atoms with van der Waals surface area (Å²) in [4.78, 5) is 110. The van der Waals surface area contributed by atoms with Gasteiger partial charge in [0.1, 0.15) is 27.9 Å². The van der Waals surface area contributed by atoms with Gasteiger partial charge in [-0.1, -0.05) is 64.1 Å². The molecule has 0 amide bonds. The summed E-state index contributed by atoms with van der Waals surface area (Å²) in [6.07, 6.45) is 1.35. The first-order chi connectivity index (χ1) is 47.3. The number of nitrogens with one attached hydrogen (secondary N) is 1. The molecule has 2 aliphatic carbocycles. The Labute approximate surface area is 604 Å². The minimum atomic E-state index is -4.76. The van der Waals surface area contributed by atoms with Gasteiger partial charge in [-0.3, -0.25) is 52.9 Å². The van der Waals surface area contributed by atoms with Gasteiger partial charge in [-0.2, -0.15) is 26.7 Å². The van der Waals surface area contributed by atoms with Crippen molar-refractivity contribution in [1.29, 1.82) is 0 Å². The fraction of sp³-hybridized carbons (Fsp3) is 0.343. The molecule has 1 aliphatic heterocycles. The van der Waals surface area contributed by atoms with Crippen molar-refractivity contribution < 1.29 is 98.9 Å². The number of sulfone groups is 3. The van der Waals surface area contributed by atoms with E-state index in [1.54, 1.807) is 19.1 Å². The Kier molecular flexibility index (Phi) is 26.2. The molecule has 1 atom stereocenters. The molecule has 5 aromatic carbocycles. The van der Waals surface area contributed by atoms with Gasteiger partial charge in [0.2, 0.25) is 17.4 Å². The molecule has 10 rings (SSSR count). The number of carbonyl (C=O) groups excluding carboxylic acids is 8. The van der Waals surface area contributed by atoms with Crippen LogP contribution in [0, 0.1) is 32.6 Å². The van der Waals surface area contributed by atoms with Crippen molar-refractivity contribution in [2.24, 2.45) is 25.9 Å². The van der Waals surface area contributed by atoms with Crippen LogP contribution in [0.5, 0.6) is 5.88 Å². The van der Waals surface area contributed by atoms with E-state index in [0.717, 1.165) is 47.7 Å². The fourth-order valence-electron chi connectivity index (χ4n) is 10.9. The van der Waals surface area contributed by atoms with Crippen LogP contribution in [0.25, 0.3) is 0 Å². The molecule has 0 radical (unpaired) electrons. The average Bonchev–Trinajstić information content (AvgIpc) is 1.30. The molecule has 2 saturated carbocycles. The lowest BCUT2D eigenvalue weighted by Crippen LogP contribution is -2.35. The predicted octanol–water partition coefficient (Wildman–Crippen LogP) is 10.4. The second-order valence-electron chi connectivity index (χ2n) is 23.9. The lowest BCUT2D eigenvalue weighted by Gasteiger charge is -2.20. The molecule has 0 spiro atoms. The normalized spacial score (nSPS) is 15.5. The molecule has 1 N–H and O–H groups in total. The highest BCUT2D eigenvalue weighted by molar-refractivity contribution is 7.91. The standard InChI is InChI=1S/C20H23ClO7S.C19H16Cl2N2O4S.C14H13ClO5S.C14H13F3N2O4S/c1-29(25,26)17-8-7-13(20(24)18-15(22)5-2-6-16(18)23)19(21)14(17)11-27-10-12-4-3-9-28-12;1-11-4-7-14(8-5-11)28(25,26)27-19-17(12(2)22-23(19)3)18(24)15-9-6-13(20)10-16(15)21;1-21(19,20)8-5-6-9(10(15)7-8)14(18)13-11(16)3-2-4-12(13)17;1-7-11(13(21)19(2)18-7)12(20)9-5-4-8(14(15,16)17)6-10(9)24(3,22)23/h7-8,12,18H,2-6,9-11H2,1H3;4-10H,1-3H3;5-7,13H,2-4H2,1H3;4-6,18H,1-3H3. The Balaban J connectivity index is 0.000000192. The van der Waals surface area contributed by atoms with Gasteiger partial charge in [0, 0.05) is 104 Å². The lowest BCUT2D eigenvalue weighted by molar-refractivity contribution is -0.138. The summed E-state index contributed by atoms with van der Waals surface area (Å²) in [6.45, 7) is 5.67. The van der Waals surface area contributed by atoms with Gasteiger partial charge >= 0.3 is 16.3 Å². The highest BCUT2D eigenvalue weighted by Crippen LogP contribution is 2.36. The SMILES string of the molecule is CS(=O)(=O)c1ccc(C(=O)C2C(=O)CCCC2=O)c(Cl)c1.CS(=O)(=O)c1ccc(C(=O)C2C(=O)CCCC2=O)c(Cl)c1COCC1CCCO1.Cc1[nH]n(C)c(=O)c1C(=O)c1ccc(C(F)(F)F)cc1S(C)(=O)=O.Cc1ccc(S(=O)(=O)Oc2c(C(=O)c3ccc(Cl)cc3Cl)c(C)nn2C)cc1. The van der Waals surface area contributed by atoms with E-state index in [9.17, 15) is 90.0 Å². The topological polar surface area (TPSA) is 356 Å². The van der Waals surface area contributed by atoms with E-state index >= 15 is 0 Å². The average molecular weight is 1570 g/mol. The van der Waals surface area contributed by atoms with Gasteiger partial charge in [0.25, 0.3) is 5.56 Å². The first-order valence-electron chi connectivity index (χ1n) is 30.5. The summed E-state index contributed by atoms with van der Waals surface area (Å²) in [5, 5.41) is 7.06. The zero-order valence-corrected chi connectivity index (χ0v) is 61.7. The zero-order valence-electron chi connectivity index (χ0n) is 55.5.